The average Bonchev–Trinajstić information content (AvgIpc) is 3.35. The third kappa shape index (κ3) is 54.6. The van der Waals surface area contributed by atoms with Gasteiger partial charge >= 0.3 is 17.9 Å². The van der Waals surface area contributed by atoms with Gasteiger partial charge in [-0.2, -0.15) is 0 Å². The van der Waals surface area contributed by atoms with Crippen molar-refractivity contribution in [2.24, 2.45) is 0 Å². The molecule has 0 radical (unpaired) electrons. The number of hydrogen-bond acceptors (Lipinski definition) is 6. The Morgan fingerprint density at radius 1 is 0.304 bits per heavy atom. The van der Waals surface area contributed by atoms with E-state index in [4.69, 9.17) is 14.2 Å². The fourth-order valence-electron chi connectivity index (χ4n) is 7.32. The van der Waals surface area contributed by atoms with Crippen LogP contribution in [0.15, 0.2) is 122 Å². The van der Waals surface area contributed by atoms with Crippen molar-refractivity contribution in [3.05, 3.63) is 122 Å². The average molecular weight is 956 g/mol. The van der Waals surface area contributed by atoms with E-state index in [0.717, 1.165) is 128 Å². The summed E-state index contributed by atoms with van der Waals surface area (Å²) >= 11 is 0. The first-order valence-electron chi connectivity index (χ1n) is 28.0. The van der Waals surface area contributed by atoms with E-state index in [9.17, 15) is 14.4 Å². The Kier molecular flexibility index (Phi) is 53.0. The Labute approximate surface area is 424 Å². The molecule has 0 N–H and O–H groups in total. The maximum atomic E-state index is 12.8. The highest BCUT2D eigenvalue weighted by molar-refractivity contribution is 5.71. The summed E-state index contributed by atoms with van der Waals surface area (Å²) in [7, 11) is 0. The predicted molar refractivity (Wildman–Crippen MR) is 297 cm³/mol. The fraction of sp³-hybridized carbons (Fsp3) is 0.635. The standard InChI is InChI=1S/C63H102O6/c1-4-7-10-13-16-19-22-24-26-27-28-29-30-31-32-33-34-35-37-38-41-44-47-50-53-56-62(65)68-59-60(58-67-61(64)55-52-49-46-43-40-21-18-15-12-9-6-3)69-63(66)57-54-51-48-45-42-39-36-25-23-20-17-14-11-8-5-2/h7-8,10-11,16-17,19-20,24-26,28-29,31-32,34-36,42,45,60H,4-6,9,12-15,18,21-23,27,30,33,37-41,43-44,46-59H2,1-3H3/b10-7-,11-8-,19-16-,20-17-,26-24-,29-28-,32-31-,35-34-,36-25-,45-42-. The Morgan fingerprint density at radius 2 is 0.565 bits per heavy atom. The lowest BCUT2D eigenvalue weighted by Gasteiger charge is -2.18. The summed E-state index contributed by atoms with van der Waals surface area (Å²) < 4.78 is 16.8. The number of allylic oxidation sites excluding steroid dienone is 20. The number of carbonyl (C=O) groups excluding carboxylic acids is 3. The Balaban J connectivity index is 4.40. The molecule has 0 bridgehead atoms. The lowest BCUT2D eigenvalue weighted by molar-refractivity contribution is -0.167. The SMILES string of the molecule is CC/C=C\C/C=C\C/C=C\C/C=C\C/C=C\C/C=C\CCCCCCCCC(=O)OCC(COC(=O)CCCCCCCCCCCCC)OC(=O)CCCC/C=C\C/C=C\C/C=C\C/C=C\CC. The van der Waals surface area contributed by atoms with Crippen molar-refractivity contribution in [2.45, 2.75) is 245 Å². The summed E-state index contributed by atoms with van der Waals surface area (Å²) in [5.74, 6) is -0.962. The van der Waals surface area contributed by atoms with E-state index in [1.54, 1.807) is 0 Å². The van der Waals surface area contributed by atoms with Gasteiger partial charge in [-0.05, 0) is 109 Å². The van der Waals surface area contributed by atoms with Gasteiger partial charge in [-0.3, -0.25) is 14.4 Å². The number of hydrogen-bond donors (Lipinski definition) is 0. The minimum Gasteiger partial charge on any atom is -0.462 e. The Hall–Kier alpha value is -4.19. The third-order valence-electron chi connectivity index (χ3n) is 11.5. The number of rotatable bonds is 49. The lowest BCUT2D eigenvalue weighted by atomic mass is 10.1. The van der Waals surface area contributed by atoms with Crippen LogP contribution in [-0.2, 0) is 28.6 Å². The topological polar surface area (TPSA) is 78.9 Å². The molecule has 0 spiro atoms. The fourth-order valence-corrected chi connectivity index (χ4v) is 7.32. The van der Waals surface area contributed by atoms with E-state index in [0.29, 0.717) is 19.3 Å². The molecule has 0 aliphatic rings. The maximum Gasteiger partial charge on any atom is 0.306 e. The van der Waals surface area contributed by atoms with Crippen molar-refractivity contribution in [3.8, 4) is 0 Å². The molecule has 1 atom stereocenters. The molecule has 0 aliphatic heterocycles. The highest BCUT2D eigenvalue weighted by atomic mass is 16.6. The lowest BCUT2D eigenvalue weighted by Crippen LogP contribution is -2.30. The molecule has 0 rings (SSSR count). The minimum atomic E-state index is -0.807. The monoisotopic (exact) mass is 955 g/mol. The van der Waals surface area contributed by atoms with Crippen LogP contribution in [0.25, 0.3) is 0 Å². The smallest absolute Gasteiger partial charge is 0.306 e. The van der Waals surface area contributed by atoms with Crippen LogP contribution in [0.1, 0.15) is 239 Å². The molecule has 0 aliphatic carbocycles. The summed E-state index contributed by atoms with van der Waals surface area (Å²) in [6.45, 7) is 6.35. The van der Waals surface area contributed by atoms with Crippen LogP contribution in [0, 0.1) is 0 Å². The first-order valence-corrected chi connectivity index (χ1v) is 28.0. The molecule has 0 aromatic carbocycles. The molecule has 6 nitrogen and oxygen atoms in total. The van der Waals surface area contributed by atoms with Gasteiger partial charge in [0.05, 0.1) is 0 Å². The van der Waals surface area contributed by atoms with Gasteiger partial charge in [0.25, 0.3) is 0 Å². The number of esters is 3. The number of carbonyl (C=O) groups is 3. The molecular formula is C63H102O6. The quantitative estimate of drug-likeness (QED) is 0.0262. The van der Waals surface area contributed by atoms with Crippen molar-refractivity contribution in [3.63, 3.8) is 0 Å². The van der Waals surface area contributed by atoms with Gasteiger partial charge in [-0.15, -0.1) is 0 Å². The van der Waals surface area contributed by atoms with Crippen LogP contribution >= 0.6 is 0 Å². The summed E-state index contributed by atoms with van der Waals surface area (Å²) in [6.07, 6.45) is 77.6. The number of unbranched alkanes of at least 4 members (excludes halogenated alkanes) is 18. The molecular weight excluding hydrogens is 853 g/mol. The molecule has 0 aromatic heterocycles. The summed E-state index contributed by atoms with van der Waals surface area (Å²) in [5.41, 5.74) is 0. The van der Waals surface area contributed by atoms with Crippen LogP contribution in [-0.4, -0.2) is 37.2 Å². The molecule has 0 saturated carbocycles. The highest BCUT2D eigenvalue weighted by Gasteiger charge is 2.19. The van der Waals surface area contributed by atoms with Gasteiger partial charge in [-0.1, -0.05) is 232 Å². The van der Waals surface area contributed by atoms with Crippen LogP contribution in [0.5, 0.6) is 0 Å². The van der Waals surface area contributed by atoms with E-state index in [2.05, 4.69) is 142 Å². The normalized spacial score (nSPS) is 13.0. The van der Waals surface area contributed by atoms with Crippen molar-refractivity contribution < 1.29 is 28.6 Å². The molecule has 390 valence electrons. The van der Waals surface area contributed by atoms with E-state index < -0.39 is 6.10 Å². The molecule has 0 aromatic rings. The van der Waals surface area contributed by atoms with Crippen LogP contribution < -0.4 is 0 Å². The molecule has 1 unspecified atom stereocenters. The second kappa shape index (κ2) is 56.4. The molecule has 69 heavy (non-hydrogen) atoms. The van der Waals surface area contributed by atoms with Gasteiger partial charge in [0.1, 0.15) is 13.2 Å². The van der Waals surface area contributed by atoms with Gasteiger partial charge in [0, 0.05) is 19.3 Å². The molecule has 0 amide bonds. The molecule has 0 heterocycles. The zero-order chi connectivity index (χ0) is 50.0. The Morgan fingerprint density at radius 3 is 0.913 bits per heavy atom. The summed E-state index contributed by atoms with van der Waals surface area (Å²) in [4.78, 5) is 38.0. The van der Waals surface area contributed by atoms with Crippen molar-refractivity contribution in [1.29, 1.82) is 0 Å². The zero-order valence-corrected chi connectivity index (χ0v) is 44.5. The Bertz CT molecular complexity index is 1470. The van der Waals surface area contributed by atoms with Crippen molar-refractivity contribution >= 4 is 17.9 Å². The largest absolute Gasteiger partial charge is 0.462 e. The van der Waals surface area contributed by atoms with E-state index >= 15 is 0 Å². The van der Waals surface area contributed by atoms with Crippen molar-refractivity contribution in [2.75, 3.05) is 13.2 Å². The maximum absolute atomic E-state index is 12.8. The van der Waals surface area contributed by atoms with Gasteiger partial charge in [0.15, 0.2) is 6.10 Å². The number of ether oxygens (including phenoxy) is 3. The van der Waals surface area contributed by atoms with Gasteiger partial charge in [0.2, 0.25) is 0 Å². The van der Waals surface area contributed by atoms with Crippen LogP contribution in [0.4, 0.5) is 0 Å². The minimum absolute atomic E-state index is 0.101. The third-order valence-corrected chi connectivity index (χ3v) is 11.5. The summed E-state index contributed by atoms with van der Waals surface area (Å²) in [6, 6.07) is 0. The first-order chi connectivity index (χ1) is 34.0. The highest BCUT2D eigenvalue weighted by Crippen LogP contribution is 2.14. The van der Waals surface area contributed by atoms with E-state index in [1.807, 2.05) is 0 Å². The molecule has 6 heteroatoms. The van der Waals surface area contributed by atoms with E-state index in [-0.39, 0.29) is 37.5 Å². The van der Waals surface area contributed by atoms with Crippen molar-refractivity contribution in [1.82, 2.24) is 0 Å². The van der Waals surface area contributed by atoms with Gasteiger partial charge < -0.3 is 14.2 Å². The van der Waals surface area contributed by atoms with Crippen LogP contribution in [0.3, 0.4) is 0 Å². The summed E-state index contributed by atoms with van der Waals surface area (Å²) in [5, 5.41) is 0. The van der Waals surface area contributed by atoms with Gasteiger partial charge in [-0.25, -0.2) is 0 Å². The molecule has 0 fully saturated rings. The molecule has 0 saturated heterocycles. The van der Waals surface area contributed by atoms with E-state index in [1.165, 1.54) is 64.2 Å². The predicted octanol–water partition coefficient (Wildman–Crippen LogP) is 18.9. The first kappa shape index (κ1) is 64.8. The zero-order valence-electron chi connectivity index (χ0n) is 44.5. The second-order valence-electron chi connectivity index (χ2n) is 18.1. The van der Waals surface area contributed by atoms with Crippen LogP contribution in [0.2, 0.25) is 0 Å². The second-order valence-corrected chi connectivity index (χ2v) is 18.1.